The predicted octanol–water partition coefficient (Wildman–Crippen LogP) is 4.69. The average Bonchev–Trinajstić information content (AvgIpc) is 2.40. The molecule has 0 saturated heterocycles. The molecule has 0 unspecified atom stereocenters. The summed E-state index contributed by atoms with van der Waals surface area (Å²) >= 11 is 12.0. The highest BCUT2D eigenvalue weighted by Gasteiger charge is 2.06. The fourth-order valence-electron chi connectivity index (χ4n) is 1.70. The molecule has 2 aromatic carbocycles. The molecule has 0 fully saturated rings. The van der Waals surface area contributed by atoms with Crippen LogP contribution in [0.15, 0.2) is 36.4 Å². The molecule has 2 aromatic rings. The lowest BCUT2D eigenvalue weighted by Crippen LogP contribution is -1.99. The van der Waals surface area contributed by atoms with Gasteiger partial charge in [0.15, 0.2) is 6.29 Å². The molecule has 0 radical (unpaired) electrons. The number of rotatable bonds is 4. The van der Waals surface area contributed by atoms with Crippen LogP contribution >= 0.6 is 23.2 Å². The maximum Gasteiger partial charge on any atom is 0.153 e. The van der Waals surface area contributed by atoms with Gasteiger partial charge in [-0.25, -0.2) is 0 Å². The van der Waals surface area contributed by atoms with Gasteiger partial charge in [0.2, 0.25) is 0 Å². The van der Waals surface area contributed by atoms with Gasteiger partial charge < -0.3 is 4.74 Å². The number of aryl methyl sites for hydroxylation is 1. The number of hydrogen-bond acceptors (Lipinski definition) is 2. The van der Waals surface area contributed by atoms with Crippen molar-refractivity contribution in [1.29, 1.82) is 0 Å². The molecule has 2 nitrogen and oxygen atoms in total. The summed E-state index contributed by atoms with van der Waals surface area (Å²) in [4.78, 5) is 11.0. The van der Waals surface area contributed by atoms with E-state index in [1.807, 2.05) is 13.0 Å². The Morgan fingerprint density at radius 2 is 1.95 bits per heavy atom. The van der Waals surface area contributed by atoms with Gasteiger partial charge in [-0.2, -0.15) is 0 Å². The van der Waals surface area contributed by atoms with Gasteiger partial charge in [0.1, 0.15) is 12.4 Å². The predicted molar refractivity (Wildman–Crippen MR) is 77.4 cm³/mol. The first-order valence-corrected chi connectivity index (χ1v) is 6.48. The fraction of sp³-hybridized carbons (Fsp3) is 0.133. The molecule has 0 atom stereocenters. The van der Waals surface area contributed by atoms with Crippen LogP contribution in [0.1, 0.15) is 21.5 Å². The lowest BCUT2D eigenvalue weighted by atomic mass is 10.1. The second-order valence-electron chi connectivity index (χ2n) is 4.18. The molecule has 0 saturated carbocycles. The van der Waals surface area contributed by atoms with E-state index in [9.17, 15) is 4.79 Å². The maximum absolute atomic E-state index is 11.0. The smallest absolute Gasteiger partial charge is 0.153 e. The van der Waals surface area contributed by atoms with Crippen LogP contribution in [0, 0.1) is 6.92 Å². The van der Waals surface area contributed by atoms with Crippen molar-refractivity contribution in [2.75, 3.05) is 0 Å². The van der Waals surface area contributed by atoms with E-state index in [4.69, 9.17) is 27.9 Å². The molecule has 0 amide bonds. The van der Waals surface area contributed by atoms with Gasteiger partial charge in [0, 0.05) is 15.6 Å². The average molecular weight is 295 g/mol. The summed E-state index contributed by atoms with van der Waals surface area (Å²) in [5, 5.41) is 1.19. The first-order chi connectivity index (χ1) is 9.10. The van der Waals surface area contributed by atoms with Crippen LogP contribution in [0.2, 0.25) is 10.0 Å². The van der Waals surface area contributed by atoms with Gasteiger partial charge in [0.05, 0.1) is 5.56 Å². The molecule has 0 spiro atoms. The van der Waals surface area contributed by atoms with Crippen molar-refractivity contribution in [3.63, 3.8) is 0 Å². The van der Waals surface area contributed by atoms with Crippen LogP contribution in [0.5, 0.6) is 5.75 Å². The summed E-state index contributed by atoms with van der Waals surface area (Å²) in [5.41, 5.74) is 2.32. The second kappa shape index (κ2) is 6.09. The van der Waals surface area contributed by atoms with Gasteiger partial charge in [-0.1, -0.05) is 34.8 Å². The standard InChI is InChI=1S/C15H12Cl2O2/c1-10-2-5-15(11(6-10)8-18)19-9-12-7-13(16)3-4-14(12)17/h2-8H,9H2,1H3. The number of hydrogen-bond donors (Lipinski definition) is 0. The van der Waals surface area contributed by atoms with Gasteiger partial charge in [-0.15, -0.1) is 0 Å². The van der Waals surface area contributed by atoms with Crippen LogP contribution in [-0.2, 0) is 6.61 Å². The molecule has 98 valence electrons. The summed E-state index contributed by atoms with van der Waals surface area (Å²) in [6.45, 7) is 2.19. The molecule has 0 N–H and O–H groups in total. The third-order valence-corrected chi connectivity index (χ3v) is 3.29. The fourth-order valence-corrected chi connectivity index (χ4v) is 2.07. The minimum absolute atomic E-state index is 0.267. The molecule has 0 bridgehead atoms. The van der Waals surface area contributed by atoms with Crippen LogP contribution in [-0.4, -0.2) is 6.29 Å². The zero-order valence-corrected chi connectivity index (χ0v) is 11.8. The summed E-state index contributed by atoms with van der Waals surface area (Å²) in [6, 6.07) is 10.6. The Kier molecular flexibility index (Phi) is 4.46. The minimum Gasteiger partial charge on any atom is -0.488 e. The van der Waals surface area contributed by atoms with Crippen molar-refractivity contribution in [1.82, 2.24) is 0 Å². The summed E-state index contributed by atoms with van der Waals surface area (Å²) < 4.78 is 5.63. The summed E-state index contributed by atoms with van der Waals surface area (Å²) in [5.74, 6) is 0.539. The maximum atomic E-state index is 11.0. The molecule has 0 aliphatic rings. The third-order valence-electron chi connectivity index (χ3n) is 2.68. The Hall–Kier alpha value is -1.51. The van der Waals surface area contributed by atoms with E-state index in [1.54, 1.807) is 30.3 Å². The van der Waals surface area contributed by atoms with Crippen molar-refractivity contribution >= 4 is 29.5 Å². The molecular weight excluding hydrogens is 283 g/mol. The lowest BCUT2D eigenvalue weighted by molar-refractivity contribution is 0.111. The highest BCUT2D eigenvalue weighted by atomic mass is 35.5. The van der Waals surface area contributed by atoms with Crippen molar-refractivity contribution < 1.29 is 9.53 Å². The Labute approximate surface area is 121 Å². The molecule has 4 heteroatoms. The topological polar surface area (TPSA) is 26.3 Å². The number of halogens is 2. The molecule has 0 aliphatic heterocycles. The highest BCUT2D eigenvalue weighted by Crippen LogP contribution is 2.24. The summed E-state index contributed by atoms with van der Waals surface area (Å²) in [6.07, 6.45) is 0.780. The molecule has 2 rings (SSSR count). The van der Waals surface area contributed by atoms with E-state index in [-0.39, 0.29) is 6.61 Å². The zero-order chi connectivity index (χ0) is 13.8. The lowest BCUT2D eigenvalue weighted by Gasteiger charge is -2.10. The molecular formula is C15H12Cl2O2. The van der Waals surface area contributed by atoms with Crippen LogP contribution in [0.25, 0.3) is 0 Å². The van der Waals surface area contributed by atoms with E-state index in [0.717, 1.165) is 17.4 Å². The third kappa shape index (κ3) is 3.49. The number of carbonyl (C=O) groups excluding carboxylic acids is 1. The SMILES string of the molecule is Cc1ccc(OCc2cc(Cl)ccc2Cl)c(C=O)c1. The molecule has 19 heavy (non-hydrogen) atoms. The normalized spacial score (nSPS) is 10.3. The molecule has 0 aliphatic carbocycles. The van der Waals surface area contributed by atoms with E-state index in [0.29, 0.717) is 21.4 Å². The van der Waals surface area contributed by atoms with Gasteiger partial charge in [-0.05, 0) is 37.3 Å². The second-order valence-corrected chi connectivity index (χ2v) is 5.03. The van der Waals surface area contributed by atoms with Gasteiger partial charge in [0.25, 0.3) is 0 Å². The van der Waals surface area contributed by atoms with Crippen LogP contribution < -0.4 is 4.74 Å². The molecule has 0 heterocycles. The quantitative estimate of drug-likeness (QED) is 0.765. The minimum atomic E-state index is 0.267. The monoisotopic (exact) mass is 294 g/mol. The first-order valence-electron chi connectivity index (χ1n) is 5.72. The van der Waals surface area contributed by atoms with Gasteiger partial charge in [-0.3, -0.25) is 4.79 Å². The van der Waals surface area contributed by atoms with Crippen molar-refractivity contribution in [3.8, 4) is 5.75 Å². The van der Waals surface area contributed by atoms with Crippen molar-refractivity contribution in [3.05, 3.63) is 63.1 Å². The summed E-state index contributed by atoms with van der Waals surface area (Å²) in [7, 11) is 0. The van der Waals surface area contributed by atoms with Crippen molar-refractivity contribution in [2.24, 2.45) is 0 Å². The number of aldehydes is 1. The highest BCUT2D eigenvalue weighted by molar-refractivity contribution is 6.33. The Bertz CT molecular complexity index is 609. The van der Waals surface area contributed by atoms with Crippen LogP contribution in [0.4, 0.5) is 0 Å². The zero-order valence-electron chi connectivity index (χ0n) is 10.3. The van der Waals surface area contributed by atoms with E-state index < -0.39 is 0 Å². The van der Waals surface area contributed by atoms with Crippen LogP contribution in [0.3, 0.4) is 0 Å². The first kappa shape index (κ1) is 13.9. The van der Waals surface area contributed by atoms with Crippen molar-refractivity contribution in [2.45, 2.75) is 13.5 Å². The number of carbonyl (C=O) groups is 1. The largest absolute Gasteiger partial charge is 0.488 e. The number of benzene rings is 2. The van der Waals surface area contributed by atoms with Gasteiger partial charge >= 0.3 is 0 Å². The van der Waals surface area contributed by atoms with E-state index in [2.05, 4.69) is 0 Å². The van der Waals surface area contributed by atoms with E-state index in [1.165, 1.54) is 0 Å². The Morgan fingerprint density at radius 3 is 2.68 bits per heavy atom. The number of ether oxygens (including phenoxy) is 1. The van der Waals surface area contributed by atoms with E-state index >= 15 is 0 Å². The Morgan fingerprint density at radius 1 is 1.16 bits per heavy atom. The molecule has 0 aromatic heterocycles. The Balaban J connectivity index is 2.18.